The molecule has 0 amide bonds. The van der Waals surface area contributed by atoms with Crippen molar-refractivity contribution in [3.05, 3.63) is 132 Å². The van der Waals surface area contributed by atoms with Gasteiger partial charge < -0.3 is 29.2 Å². The van der Waals surface area contributed by atoms with Crippen molar-refractivity contribution in [3.63, 3.8) is 0 Å². The molecule has 0 aromatic heterocycles. The third-order valence-corrected chi connectivity index (χ3v) is 7.57. The molecule has 6 rings (SSSR count). The van der Waals surface area contributed by atoms with Gasteiger partial charge in [0.25, 0.3) is 0 Å². The van der Waals surface area contributed by atoms with E-state index in [4.69, 9.17) is 18.9 Å². The quantitative estimate of drug-likeness (QED) is 0.230. The lowest BCUT2D eigenvalue weighted by Gasteiger charge is -2.43. The molecule has 1 fully saturated rings. The molecule has 210 valence electrons. The fourth-order valence-corrected chi connectivity index (χ4v) is 5.34. The molecule has 1 heterocycles. The second-order valence-corrected chi connectivity index (χ2v) is 10.4. The summed E-state index contributed by atoms with van der Waals surface area (Å²) in [4.78, 5) is 0. The molecule has 2 N–H and O–H groups in total. The van der Waals surface area contributed by atoms with E-state index in [-0.39, 0.29) is 26.4 Å². The van der Waals surface area contributed by atoms with Gasteiger partial charge in [0.1, 0.15) is 24.4 Å². The standard InChI is InChI=1S/C35H34O6/c36-20-31-32(37)33(38-22-25-14-16-27-10-4-6-12-29(27)18-25)34(35(41-31)40-21-24-8-2-1-3-9-24)39-23-26-15-17-28-11-5-7-13-30(28)19-26/h1-19,31-37H,20-23H2/t31-,32-,33+,34-,35-/m1/s1. The van der Waals surface area contributed by atoms with E-state index in [1.165, 1.54) is 0 Å². The molecule has 0 aliphatic carbocycles. The van der Waals surface area contributed by atoms with Gasteiger partial charge in [0.15, 0.2) is 6.29 Å². The summed E-state index contributed by atoms with van der Waals surface area (Å²) in [6, 6.07) is 38.5. The molecule has 0 bridgehead atoms. The Morgan fingerprint density at radius 2 is 1.05 bits per heavy atom. The van der Waals surface area contributed by atoms with E-state index in [0.717, 1.165) is 38.2 Å². The monoisotopic (exact) mass is 550 g/mol. The van der Waals surface area contributed by atoms with Crippen molar-refractivity contribution in [2.24, 2.45) is 0 Å². The maximum Gasteiger partial charge on any atom is 0.187 e. The number of aliphatic hydroxyl groups is 2. The highest BCUT2D eigenvalue weighted by Gasteiger charge is 2.47. The summed E-state index contributed by atoms with van der Waals surface area (Å²) in [5.41, 5.74) is 2.93. The average Bonchev–Trinajstić information content (AvgIpc) is 3.03. The van der Waals surface area contributed by atoms with Crippen LogP contribution in [0.5, 0.6) is 0 Å². The van der Waals surface area contributed by atoms with Crippen LogP contribution < -0.4 is 0 Å². The van der Waals surface area contributed by atoms with Crippen molar-refractivity contribution in [1.29, 1.82) is 0 Å². The van der Waals surface area contributed by atoms with E-state index in [1.807, 2.05) is 66.7 Å². The number of benzene rings is 5. The van der Waals surface area contributed by atoms with Gasteiger partial charge in [-0.1, -0.05) is 103 Å². The topological polar surface area (TPSA) is 77.4 Å². The zero-order valence-electron chi connectivity index (χ0n) is 22.7. The van der Waals surface area contributed by atoms with Crippen LogP contribution >= 0.6 is 0 Å². The number of aliphatic hydroxyl groups excluding tert-OH is 2. The Bertz CT molecular complexity index is 1570. The molecule has 41 heavy (non-hydrogen) atoms. The predicted molar refractivity (Wildman–Crippen MR) is 158 cm³/mol. The van der Waals surface area contributed by atoms with Crippen LogP contribution in [0.3, 0.4) is 0 Å². The Kier molecular flexibility index (Phi) is 8.68. The minimum Gasteiger partial charge on any atom is -0.394 e. The van der Waals surface area contributed by atoms with Crippen LogP contribution in [0.4, 0.5) is 0 Å². The van der Waals surface area contributed by atoms with Crippen LogP contribution in [-0.4, -0.2) is 47.5 Å². The molecule has 0 unspecified atom stereocenters. The van der Waals surface area contributed by atoms with Crippen molar-refractivity contribution in [2.45, 2.75) is 50.5 Å². The summed E-state index contributed by atoms with van der Waals surface area (Å²) in [7, 11) is 0. The van der Waals surface area contributed by atoms with Crippen molar-refractivity contribution in [1.82, 2.24) is 0 Å². The highest BCUT2D eigenvalue weighted by atomic mass is 16.7. The molecule has 1 aliphatic rings. The van der Waals surface area contributed by atoms with Crippen molar-refractivity contribution in [3.8, 4) is 0 Å². The highest BCUT2D eigenvalue weighted by molar-refractivity contribution is 5.83. The van der Waals surface area contributed by atoms with E-state index in [0.29, 0.717) is 0 Å². The summed E-state index contributed by atoms with van der Waals surface area (Å²) in [5, 5.41) is 25.8. The van der Waals surface area contributed by atoms with Gasteiger partial charge >= 0.3 is 0 Å². The lowest BCUT2D eigenvalue weighted by Crippen LogP contribution is -2.60. The highest BCUT2D eigenvalue weighted by Crippen LogP contribution is 2.30. The first-order valence-electron chi connectivity index (χ1n) is 14.0. The molecular formula is C35H34O6. The van der Waals surface area contributed by atoms with Gasteiger partial charge in [-0.2, -0.15) is 0 Å². The number of rotatable bonds is 10. The van der Waals surface area contributed by atoms with Gasteiger partial charge in [0, 0.05) is 0 Å². The first-order valence-corrected chi connectivity index (χ1v) is 14.0. The summed E-state index contributed by atoms with van der Waals surface area (Å²) in [6.45, 7) is 0.439. The van der Waals surface area contributed by atoms with Crippen LogP contribution in [0.1, 0.15) is 16.7 Å². The average molecular weight is 551 g/mol. The molecule has 5 atom stereocenters. The van der Waals surface area contributed by atoms with E-state index >= 15 is 0 Å². The summed E-state index contributed by atoms with van der Waals surface area (Å²) in [5.74, 6) is 0. The molecule has 6 nitrogen and oxygen atoms in total. The summed E-state index contributed by atoms with van der Waals surface area (Å²) < 4.78 is 25.1. The third-order valence-electron chi connectivity index (χ3n) is 7.57. The Morgan fingerprint density at radius 1 is 0.537 bits per heavy atom. The minimum absolute atomic E-state index is 0.256. The Hall–Kier alpha value is -3.62. The lowest BCUT2D eigenvalue weighted by atomic mass is 9.98. The van der Waals surface area contributed by atoms with Crippen LogP contribution in [0.25, 0.3) is 21.5 Å². The van der Waals surface area contributed by atoms with E-state index in [2.05, 4.69) is 48.5 Å². The Morgan fingerprint density at radius 3 is 1.63 bits per heavy atom. The zero-order chi connectivity index (χ0) is 28.0. The number of hydrogen-bond donors (Lipinski definition) is 2. The fraction of sp³-hybridized carbons (Fsp3) is 0.257. The normalized spacial score (nSPS) is 22.7. The van der Waals surface area contributed by atoms with Crippen LogP contribution in [0.15, 0.2) is 115 Å². The molecule has 1 saturated heterocycles. The molecular weight excluding hydrogens is 516 g/mol. The molecule has 5 aromatic carbocycles. The van der Waals surface area contributed by atoms with E-state index in [1.54, 1.807) is 0 Å². The maximum atomic E-state index is 11.2. The third kappa shape index (κ3) is 6.49. The predicted octanol–water partition coefficient (Wildman–Crippen LogP) is 5.76. The molecule has 5 aromatic rings. The number of hydrogen-bond acceptors (Lipinski definition) is 6. The van der Waals surface area contributed by atoms with Gasteiger partial charge in [0.05, 0.1) is 26.4 Å². The maximum absolute atomic E-state index is 11.2. The second kappa shape index (κ2) is 12.9. The van der Waals surface area contributed by atoms with Gasteiger partial charge in [0.2, 0.25) is 0 Å². The van der Waals surface area contributed by atoms with Gasteiger partial charge in [-0.3, -0.25) is 0 Å². The zero-order valence-corrected chi connectivity index (χ0v) is 22.7. The van der Waals surface area contributed by atoms with Gasteiger partial charge in [-0.25, -0.2) is 0 Å². The number of fused-ring (bicyclic) bond motifs is 2. The summed E-state index contributed by atoms with van der Waals surface area (Å²) >= 11 is 0. The largest absolute Gasteiger partial charge is 0.394 e. The van der Waals surface area contributed by atoms with Crippen LogP contribution in [-0.2, 0) is 38.8 Å². The van der Waals surface area contributed by atoms with E-state index in [9.17, 15) is 10.2 Å². The molecule has 1 aliphatic heterocycles. The van der Waals surface area contributed by atoms with Crippen LogP contribution in [0, 0.1) is 0 Å². The smallest absolute Gasteiger partial charge is 0.187 e. The van der Waals surface area contributed by atoms with Gasteiger partial charge in [-0.15, -0.1) is 0 Å². The Balaban J connectivity index is 1.24. The summed E-state index contributed by atoms with van der Waals surface area (Å²) in [6.07, 6.45) is -4.40. The van der Waals surface area contributed by atoms with Gasteiger partial charge in [-0.05, 0) is 50.4 Å². The van der Waals surface area contributed by atoms with Crippen molar-refractivity contribution >= 4 is 21.5 Å². The first kappa shape index (κ1) is 27.5. The molecule has 6 heteroatoms. The minimum atomic E-state index is -1.11. The lowest BCUT2D eigenvalue weighted by molar-refractivity contribution is -0.322. The second-order valence-electron chi connectivity index (χ2n) is 10.4. The molecule has 0 radical (unpaired) electrons. The van der Waals surface area contributed by atoms with Crippen molar-refractivity contribution in [2.75, 3.05) is 6.61 Å². The Labute approximate surface area is 239 Å². The number of ether oxygens (including phenoxy) is 4. The molecule has 0 saturated carbocycles. The van der Waals surface area contributed by atoms with Crippen molar-refractivity contribution < 1.29 is 29.2 Å². The molecule has 0 spiro atoms. The first-order chi connectivity index (χ1) is 20.2. The van der Waals surface area contributed by atoms with Crippen LogP contribution in [0.2, 0.25) is 0 Å². The fourth-order valence-electron chi connectivity index (χ4n) is 5.34. The van der Waals surface area contributed by atoms with E-state index < -0.39 is 30.7 Å². The SMILES string of the molecule is OC[C@H]1O[C@@H](OCc2ccccc2)[C@H](OCc2ccc3ccccc3c2)[C@@H](OCc2ccc3ccccc3c2)[C@@H]1O.